The van der Waals surface area contributed by atoms with Gasteiger partial charge in [0.1, 0.15) is 47.9 Å². The lowest BCUT2D eigenvalue weighted by Crippen LogP contribution is -2.46. The highest BCUT2D eigenvalue weighted by Crippen LogP contribution is 2.61. The number of nitrogen functional groups attached to an aromatic ring is 1. The number of imidazole rings is 1. The number of carbonyl (C=O) groups excluding carboxylic acids is 1. The van der Waals surface area contributed by atoms with E-state index in [1.54, 1.807) is 0 Å². The molecule has 48 heavy (non-hydrogen) atoms. The number of ether oxygens (including phenoxy) is 2. The predicted octanol–water partition coefficient (Wildman–Crippen LogP) is -2.90. The third-order valence-electron chi connectivity index (χ3n) is 6.98. The molecule has 2 aliphatic heterocycles. The van der Waals surface area contributed by atoms with Crippen LogP contribution in [-0.2, 0) is 41.1 Å². The molecule has 3 aromatic heterocycles. The molecule has 264 valence electrons. The highest BCUT2D eigenvalue weighted by Gasteiger charge is 2.51. The van der Waals surface area contributed by atoms with E-state index in [0.717, 1.165) is 17.2 Å². The van der Waals surface area contributed by atoms with E-state index >= 15 is 0 Å². The van der Waals surface area contributed by atoms with E-state index in [0.29, 0.717) is 0 Å². The number of pyridine rings is 1. The Balaban J connectivity index is 1.21. The van der Waals surface area contributed by atoms with Crippen LogP contribution in [0.3, 0.4) is 0 Å². The summed E-state index contributed by atoms with van der Waals surface area (Å²) in [5, 5.41) is 31.5. The van der Waals surface area contributed by atoms with Gasteiger partial charge in [-0.25, -0.2) is 28.6 Å². The summed E-state index contributed by atoms with van der Waals surface area (Å²) < 4.78 is 68.4. The normalized spacial score (nSPS) is 30.3. The van der Waals surface area contributed by atoms with Crippen LogP contribution in [0.5, 0.6) is 0 Å². The van der Waals surface area contributed by atoms with Crippen molar-refractivity contribution in [2.24, 2.45) is 5.73 Å². The molecule has 2 unspecified atom stereocenters. The first-order chi connectivity index (χ1) is 22.4. The summed E-state index contributed by atoms with van der Waals surface area (Å²) in [4.78, 5) is 62.2. The number of carbonyl (C=O) groups is 1. The molecule has 3 aromatic rings. The maximum absolute atomic E-state index is 12.6. The minimum absolute atomic E-state index is 0.00286. The van der Waals surface area contributed by atoms with Gasteiger partial charge in [0, 0.05) is 6.07 Å². The van der Waals surface area contributed by atoms with Gasteiger partial charge >= 0.3 is 23.5 Å². The molecule has 24 nitrogen and oxygen atoms in total. The molecule has 1 amide bonds. The van der Waals surface area contributed by atoms with Crippen LogP contribution >= 0.6 is 23.5 Å². The molecule has 0 radical (unpaired) electrons. The molecular weight excluding hydrogens is 715 g/mol. The third-order valence-corrected chi connectivity index (χ3v) is 10.1. The molecule has 2 aliphatic rings. The van der Waals surface area contributed by atoms with Gasteiger partial charge in [0.15, 0.2) is 36.2 Å². The van der Waals surface area contributed by atoms with Crippen LogP contribution in [0.4, 0.5) is 5.82 Å². The van der Waals surface area contributed by atoms with Crippen molar-refractivity contribution in [3.05, 3.63) is 42.7 Å². The van der Waals surface area contributed by atoms with Crippen molar-refractivity contribution < 1.29 is 85.3 Å². The van der Waals surface area contributed by atoms with E-state index in [1.807, 2.05) is 0 Å². The van der Waals surface area contributed by atoms with Crippen molar-refractivity contribution in [1.82, 2.24) is 19.5 Å². The van der Waals surface area contributed by atoms with Gasteiger partial charge in [0.2, 0.25) is 0 Å². The maximum Gasteiger partial charge on any atom is 0.481 e. The van der Waals surface area contributed by atoms with Crippen LogP contribution < -0.4 is 16.0 Å². The standard InChI is InChI=1S/C21H28N7O17P3/c22-17-12-19(25-7-24-17)28(8-26-12)21-16(44-46(33,34)35)14(30)11(43-21)6-41-48(38,39)45-47(36,37)40-5-10-13(29)15(31)20(42-10)27-3-1-2-9(4-27)18(23)32/h1-4,7-8,10-11,13-16,20-21,29-31H,5-6H2,(H7-,22,23,24,25,32,33,34,35,36,37,38,39)/p+1/t10-,11+,13-,14-,15-,16-,20-,21-/m1/s1. The van der Waals surface area contributed by atoms with Gasteiger partial charge < -0.3 is 55.8 Å². The van der Waals surface area contributed by atoms with E-state index in [4.69, 9.17) is 30.0 Å². The van der Waals surface area contributed by atoms with Crippen LogP contribution in [0.15, 0.2) is 37.2 Å². The number of primary amides is 1. The second-order valence-electron chi connectivity index (χ2n) is 10.3. The fraction of sp³-hybridized carbons (Fsp3) is 0.476. The average Bonchev–Trinajstić information content (AvgIpc) is 3.64. The lowest BCUT2D eigenvalue weighted by molar-refractivity contribution is -0.765. The van der Waals surface area contributed by atoms with E-state index < -0.39 is 91.7 Å². The summed E-state index contributed by atoms with van der Waals surface area (Å²) in [6.45, 7) is -2.03. The summed E-state index contributed by atoms with van der Waals surface area (Å²) in [5.41, 5.74) is 11.1. The van der Waals surface area contributed by atoms with E-state index in [-0.39, 0.29) is 22.5 Å². The number of aromatic nitrogens is 5. The number of aliphatic hydroxyl groups is 3. The lowest BCUT2D eigenvalue weighted by Gasteiger charge is -2.22. The van der Waals surface area contributed by atoms with Gasteiger partial charge in [-0.3, -0.25) is 22.9 Å². The number of hydrogen-bond donors (Lipinski definition) is 9. The second-order valence-corrected chi connectivity index (χ2v) is 14.5. The SMILES string of the molecule is NC(=O)c1ccc[n+]([C@@H]2O[C@H](COP(=O)(O)OP(=O)(O)OC[C@@H]3O[C@@H](n4cnc5c(N)ncnc54)[C@H](OP(=O)(O)O)[C@@H]3O)[C@@H](O)[C@H]2O)c1. The molecule has 2 fully saturated rings. The zero-order valence-electron chi connectivity index (χ0n) is 23.9. The summed E-state index contributed by atoms with van der Waals surface area (Å²) in [6.07, 6.45) is -8.39. The van der Waals surface area contributed by atoms with Gasteiger partial charge in [0.05, 0.1) is 19.5 Å². The van der Waals surface area contributed by atoms with Gasteiger partial charge in [-0.2, -0.15) is 8.88 Å². The fourth-order valence-electron chi connectivity index (χ4n) is 4.83. The monoisotopic (exact) mass is 744 g/mol. The Kier molecular flexibility index (Phi) is 10.5. The zero-order valence-corrected chi connectivity index (χ0v) is 26.6. The number of fused-ring (bicyclic) bond motifs is 1. The quantitative estimate of drug-likeness (QED) is 0.0626. The Morgan fingerprint density at radius 3 is 2.23 bits per heavy atom. The van der Waals surface area contributed by atoms with Crippen LogP contribution in [0.2, 0.25) is 0 Å². The molecule has 5 rings (SSSR count). The molecule has 0 spiro atoms. The third kappa shape index (κ3) is 8.12. The summed E-state index contributed by atoms with van der Waals surface area (Å²) >= 11 is 0. The molecular formula is C21H29N7O17P3+. The lowest BCUT2D eigenvalue weighted by atomic mass is 10.1. The minimum atomic E-state index is -5.52. The Hall–Kier alpha value is -2.86. The summed E-state index contributed by atoms with van der Waals surface area (Å²) in [6, 6.07) is 2.79. The first-order valence-corrected chi connectivity index (χ1v) is 17.9. The number of phosphoric acid groups is 3. The highest BCUT2D eigenvalue weighted by atomic mass is 31.3. The smallest absolute Gasteiger partial charge is 0.387 e. The van der Waals surface area contributed by atoms with Gasteiger partial charge in [-0.15, -0.1) is 0 Å². The Morgan fingerprint density at radius 2 is 1.60 bits per heavy atom. The van der Waals surface area contributed by atoms with Gasteiger partial charge in [0.25, 0.3) is 12.1 Å². The maximum atomic E-state index is 12.6. The number of amides is 1. The van der Waals surface area contributed by atoms with Crippen molar-refractivity contribution in [2.75, 3.05) is 18.9 Å². The van der Waals surface area contributed by atoms with Crippen molar-refractivity contribution >= 4 is 46.4 Å². The number of anilines is 1. The summed E-state index contributed by atoms with van der Waals surface area (Å²) in [7, 11) is -16.3. The van der Waals surface area contributed by atoms with E-state index in [2.05, 4.69) is 23.8 Å². The minimum Gasteiger partial charge on any atom is -0.387 e. The van der Waals surface area contributed by atoms with Gasteiger partial charge in [-0.05, 0) is 6.07 Å². The number of nitrogens with zero attached hydrogens (tertiary/aromatic N) is 5. The molecule has 27 heteroatoms. The number of hydrogen-bond acceptors (Lipinski definition) is 17. The van der Waals surface area contributed by atoms with Crippen molar-refractivity contribution in [3.8, 4) is 0 Å². The Bertz CT molecular complexity index is 1810. The Labute approximate surface area is 267 Å². The Morgan fingerprint density at radius 1 is 0.958 bits per heavy atom. The molecule has 11 N–H and O–H groups in total. The van der Waals surface area contributed by atoms with E-state index in [1.165, 1.54) is 29.1 Å². The predicted molar refractivity (Wildman–Crippen MR) is 150 cm³/mol. The second kappa shape index (κ2) is 13.8. The topological polar surface area (TPSA) is 365 Å². The van der Waals surface area contributed by atoms with Crippen molar-refractivity contribution in [1.29, 1.82) is 0 Å². The zero-order chi connectivity index (χ0) is 35.2. The first-order valence-electron chi connectivity index (χ1n) is 13.3. The van der Waals surface area contributed by atoms with Crippen LogP contribution in [-0.4, -0.2) is 110 Å². The molecule has 10 atom stereocenters. The average molecular weight is 744 g/mol. The van der Waals surface area contributed by atoms with Crippen LogP contribution in [0, 0.1) is 0 Å². The first kappa shape index (κ1) is 36.4. The molecule has 2 saturated heterocycles. The number of rotatable bonds is 13. The van der Waals surface area contributed by atoms with E-state index in [9.17, 15) is 53.4 Å². The highest BCUT2D eigenvalue weighted by molar-refractivity contribution is 7.61. The fourth-order valence-corrected chi connectivity index (χ4v) is 7.47. The molecule has 0 aromatic carbocycles. The number of phosphoric ester groups is 3. The van der Waals surface area contributed by atoms with Crippen molar-refractivity contribution in [2.45, 2.75) is 49.1 Å². The largest absolute Gasteiger partial charge is 0.481 e. The number of nitrogens with two attached hydrogens (primary N) is 2. The summed E-state index contributed by atoms with van der Waals surface area (Å²) in [5.74, 6) is -0.848. The van der Waals surface area contributed by atoms with Gasteiger partial charge in [-0.1, -0.05) is 0 Å². The van der Waals surface area contributed by atoms with Crippen molar-refractivity contribution in [3.63, 3.8) is 0 Å². The number of aliphatic hydroxyl groups excluding tert-OH is 3. The van der Waals surface area contributed by atoms with Crippen LogP contribution in [0.25, 0.3) is 11.2 Å². The molecule has 5 heterocycles. The molecule has 0 bridgehead atoms. The molecule has 0 aliphatic carbocycles. The van der Waals surface area contributed by atoms with Crippen LogP contribution in [0.1, 0.15) is 22.8 Å². The molecule has 0 saturated carbocycles.